The largest absolute Gasteiger partial charge is 0.379 e. The molecule has 0 spiro atoms. The van der Waals surface area contributed by atoms with Crippen LogP contribution in [0.15, 0.2) is 48.5 Å². The van der Waals surface area contributed by atoms with Gasteiger partial charge in [0.15, 0.2) is 0 Å². The Labute approximate surface area is 127 Å². The second-order valence-electron chi connectivity index (χ2n) is 6.43. The van der Waals surface area contributed by atoms with Crippen LogP contribution in [-0.4, -0.2) is 0 Å². The van der Waals surface area contributed by atoms with E-state index in [2.05, 4.69) is 63.3 Å². The summed E-state index contributed by atoms with van der Waals surface area (Å²) < 4.78 is 0. The molecule has 0 aromatic heterocycles. The van der Waals surface area contributed by atoms with Crippen LogP contribution in [0.5, 0.6) is 0 Å². The Hall–Kier alpha value is -2.27. The lowest BCUT2D eigenvalue weighted by atomic mass is 9.87. The summed E-state index contributed by atoms with van der Waals surface area (Å²) >= 11 is 0. The quantitative estimate of drug-likeness (QED) is 0.854. The topological polar surface area (TPSA) is 35.8 Å². The molecule has 2 heteroatoms. The molecule has 0 radical (unpaired) electrons. The molecule has 0 aliphatic carbocycles. The fraction of sp³-hybridized carbons (Fsp3) is 0.316. The van der Waals surface area contributed by atoms with Crippen LogP contribution in [0.2, 0.25) is 0 Å². The molecule has 2 nitrogen and oxygen atoms in total. The zero-order chi connectivity index (χ0) is 15.5. The second-order valence-corrected chi connectivity index (χ2v) is 6.43. The van der Waals surface area contributed by atoms with Gasteiger partial charge in [-0.2, -0.15) is 5.26 Å². The van der Waals surface area contributed by atoms with Crippen molar-refractivity contribution in [3.8, 4) is 6.07 Å². The van der Waals surface area contributed by atoms with E-state index in [0.29, 0.717) is 5.56 Å². The number of hydrogen-bond acceptors (Lipinski definition) is 2. The molecule has 2 rings (SSSR count). The number of nitrogens with zero attached hydrogens (tertiary/aromatic N) is 1. The zero-order valence-corrected chi connectivity index (χ0v) is 13.1. The Morgan fingerprint density at radius 1 is 1.05 bits per heavy atom. The van der Waals surface area contributed by atoms with Crippen LogP contribution in [0.3, 0.4) is 0 Å². The first-order chi connectivity index (χ1) is 9.90. The summed E-state index contributed by atoms with van der Waals surface area (Å²) in [5.41, 5.74) is 4.41. The Bertz CT molecular complexity index is 643. The molecule has 0 fully saturated rings. The van der Waals surface area contributed by atoms with Crippen LogP contribution < -0.4 is 5.32 Å². The first-order valence-corrected chi connectivity index (χ1v) is 7.27. The summed E-state index contributed by atoms with van der Waals surface area (Å²) in [4.78, 5) is 0. The van der Waals surface area contributed by atoms with E-state index in [9.17, 15) is 0 Å². The summed E-state index contributed by atoms with van der Waals surface area (Å²) in [6.45, 7) is 8.75. The van der Waals surface area contributed by atoms with E-state index < -0.39 is 0 Å². The third-order valence-electron chi connectivity index (χ3n) is 3.65. The van der Waals surface area contributed by atoms with Gasteiger partial charge < -0.3 is 5.32 Å². The number of anilines is 1. The molecule has 0 saturated heterocycles. The van der Waals surface area contributed by atoms with Gasteiger partial charge in [-0.25, -0.2) is 0 Å². The van der Waals surface area contributed by atoms with Crippen LogP contribution in [0.25, 0.3) is 0 Å². The minimum atomic E-state index is 0.166. The molecule has 0 heterocycles. The van der Waals surface area contributed by atoms with Gasteiger partial charge in [0.05, 0.1) is 11.6 Å². The van der Waals surface area contributed by atoms with Crippen LogP contribution >= 0.6 is 0 Å². The number of nitriles is 1. The Kier molecular flexibility index (Phi) is 4.33. The monoisotopic (exact) mass is 278 g/mol. The molecule has 0 saturated carbocycles. The highest BCUT2D eigenvalue weighted by Crippen LogP contribution is 2.25. The fourth-order valence-corrected chi connectivity index (χ4v) is 2.28. The van der Waals surface area contributed by atoms with Gasteiger partial charge in [0.2, 0.25) is 0 Å². The van der Waals surface area contributed by atoms with Crippen LogP contribution in [0.1, 0.15) is 50.4 Å². The lowest BCUT2D eigenvalue weighted by Gasteiger charge is -2.20. The molecule has 1 unspecified atom stereocenters. The van der Waals surface area contributed by atoms with Gasteiger partial charge in [-0.05, 0) is 47.7 Å². The average molecular weight is 278 g/mol. The van der Waals surface area contributed by atoms with Gasteiger partial charge in [-0.3, -0.25) is 0 Å². The smallest absolute Gasteiger partial charge is 0.0991 e. The highest BCUT2D eigenvalue weighted by molar-refractivity contribution is 5.48. The van der Waals surface area contributed by atoms with Crippen molar-refractivity contribution in [2.45, 2.75) is 39.2 Å². The number of rotatable bonds is 3. The Morgan fingerprint density at radius 2 is 1.71 bits per heavy atom. The van der Waals surface area contributed by atoms with Crippen molar-refractivity contribution in [3.05, 3.63) is 65.2 Å². The molecule has 108 valence electrons. The summed E-state index contributed by atoms with van der Waals surface area (Å²) in [5, 5.41) is 12.4. The lowest BCUT2D eigenvalue weighted by Crippen LogP contribution is -2.11. The molecule has 0 bridgehead atoms. The van der Waals surface area contributed by atoms with Crippen molar-refractivity contribution in [1.82, 2.24) is 0 Å². The summed E-state index contributed by atoms with van der Waals surface area (Å²) in [5.74, 6) is 0. The van der Waals surface area contributed by atoms with E-state index in [4.69, 9.17) is 5.26 Å². The number of nitrogens with one attached hydrogen (secondary N) is 1. The maximum Gasteiger partial charge on any atom is 0.0991 e. The van der Waals surface area contributed by atoms with Crippen LogP contribution in [-0.2, 0) is 5.41 Å². The SMILES string of the molecule is CC(Nc1ccc(C(C)(C)C)cc1)c1cccc(C#N)c1. The number of benzene rings is 2. The number of hydrogen-bond donors (Lipinski definition) is 1. The van der Waals surface area contributed by atoms with Crippen molar-refractivity contribution in [2.24, 2.45) is 0 Å². The molecular weight excluding hydrogens is 256 g/mol. The molecule has 21 heavy (non-hydrogen) atoms. The minimum absolute atomic E-state index is 0.166. The van der Waals surface area contributed by atoms with Gasteiger partial charge in [0.1, 0.15) is 0 Å². The highest BCUT2D eigenvalue weighted by Gasteiger charge is 2.13. The highest BCUT2D eigenvalue weighted by atomic mass is 14.9. The van der Waals surface area contributed by atoms with Gasteiger partial charge in [0.25, 0.3) is 0 Å². The third kappa shape index (κ3) is 3.86. The maximum atomic E-state index is 8.97. The molecular formula is C19H22N2. The average Bonchev–Trinajstić information content (AvgIpc) is 2.47. The molecule has 1 N–H and O–H groups in total. The van der Waals surface area contributed by atoms with Crippen LogP contribution in [0, 0.1) is 11.3 Å². The zero-order valence-electron chi connectivity index (χ0n) is 13.1. The van der Waals surface area contributed by atoms with Gasteiger partial charge in [-0.1, -0.05) is 45.0 Å². The molecule has 2 aromatic rings. The minimum Gasteiger partial charge on any atom is -0.379 e. The van der Waals surface area contributed by atoms with Crippen molar-refractivity contribution in [2.75, 3.05) is 5.32 Å². The predicted octanol–water partition coefficient (Wildman–Crippen LogP) is 5.03. The van der Waals surface area contributed by atoms with E-state index in [1.165, 1.54) is 5.56 Å². The first-order valence-electron chi connectivity index (χ1n) is 7.27. The predicted molar refractivity (Wildman–Crippen MR) is 88.3 cm³/mol. The molecule has 0 aliphatic heterocycles. The Morgan fingerprint density at radius 3 is 2.29 bits per heavy atom. The van der Waals surface area contributed by atoms with Crippen molar-refractivity contribution in [3.63, 3.8) is 0 Å². The van der Waals surface area contributed by atoms with Gasteiger partial charge in [0, 0.05) is 11.7 Å². The summed E-state index contributed by atoms with van der Waals surface area (Å²) in [6, 6.07) is 18.6. The molecule has 1 atom stereocenters. The lowest BCUT2D eigenvalue weighted by molar-refractivity contribution is 0.590. The van der Waals surface area contributed by atoms with Gasteiger partial charge >= 0.3 is 0 Å². The van der Waals surface area contributed by atoms with Crippen LogP contribution in [0.4, 0.5) is 5.69 Å². The third-order valence-corrected chi connectivity index (χ3v) is 3.65. The summed E-state index contributed by atoms with van der Waals surface area (Å²) in [7, 11) is 0. The van der Waals surface area contributed by atoms with Crippen molar-refractivity contribution in [1.29, 1.82) is 5.26 Å². The maximum absolute atomic E-state index is 8.97. The van der Waals surface area contributed by atoms with Gasteiger partial charge in [-0.15, -0.1) is 0 Å². The molecule has 0 aliphatic rings. The van der Waals surface area contributed by atoms with Crippen molar-refractivity contribution < 1.29 is 0 Å². The van der Waals surface area contributed by atoms with E-state index >= 15 is 0 Å². The van der Waals surface area contributed by atoms with E-state index in [-0.39, 0.29) is 11.5 Å². The van der Waals surface area contributed by atoms with E-state index in [0.717, 1.165) is 11.3 Å². The fourth-order valence-electron chi connectivity index (χ4n) is 2.28. The van der Waals surface area contributed by atoms with E-state index in [1.54, 1.807) is 0 Å². The Balaban J connectivity index is 2.12. The van der Waals surface area contributed by atoms with Crippen molar-refractivity contribution >= 4 is 5.69 Å². The van der Waals surface area contributed by atoms with E-state index in [1.807, 2.05) is 24.3 Å². The molecule has 2 aromatic carbocycles. The standard InChI is InChI=1S/C19H22N2/c1-14(16-7-5-6-15(12-16)13-20)21-18-10-8-17(9-11-18)19(2,3)4/h5-12,14,21H,1-4H3. The normalized spacial score (nSPS) is 12.5. The molecule has 0 amide bonds. The first kappa shape index (κ1) is 15.1. The summed E-state index contributed by atoms with van der Waals surface area (Å²) in [6.07, 6.45) is 0. The second kappa shape index (κ2) is 6.01.